The second-order valence-corrected chi connectivity index (χ2v) is 3.08. The molecule has 0 aliphatic rings. The second kappa shape index (κ2) is 3.27. The van der Waals surface area contributed by atoms with E-state index in [2.05, 4.69) is 4.74 Å². The van der Waals surface area contributed by atoms with Gasteiger partial charge in [0, 0.05) is 0 Å². The lowest BCUT2D eigenvalue weighted by molar-refractivity contribution is -0.168. The van der Waals surface area contributed by atoms with Gasteiger partial charge in [-0.05, 0) is 0 Å². The Kier molecular flexibility index (Phi) is 3.04. The zero-order valence-electron chi connectivity index (χ0n) is 5.28. The maximum atomic E-state index is 12.0. The van der Waals surface area contributed by atoms with E-state index in [0.717, 1.165) is 0 Å². The zero-order chi connectivity index (χ0) is 9.99. The van der Waals surface area contributed by atoms with Crippen LogP contribution in [0.15, 0.2) is 0 Å². The smallest absolute Gasteiger partial charge is 0.425 e. The van der Waals surface area contributed by atoms with Crippen LogP contribution in [0.4, 0.5) is 13.2 Å². The molecule has 0 saturated carbocycles. The van der Waals surface area contributed by atoms with E-state index in [4.69, 9.17) is 4.55 Å². The fourth-order valence-corrected chi connectivity index (χ4v) is 0.535. The maximum Gasteiger partial charge on any atom is 0.435 e. The van der Waals surface area contributed by atoms with E-state index in [1.165, 1.54) is 0 Å². The van der Waals surface area contributed by atoms with Gasteiger partial charge in [-0.1, -0.05) is 0 Å². The van der Waals surface area contributed by atoms with E-state index < -0.39 is 28.2 Å². The normalized spacial score (nSPS) is 15.3. The molecule has 0 aromatic carbocycles. The van der Waals surface area contributed by atoms with Crippen LogP contribution < -0.4 is 0 Å². The average molecular weight is 208 g/mol. The van der Waals surface area contributed by atoms with Crippen molar-refractivity contribution in [2.75, 3.05) is 0 Å². The van der Waals surface area contributed by atoms with E-state index in [-0.39, 0.29) is 0 Å². The van der Waals surface area contributed by atoms with Gasteiger partial charge < -0.3 is 4.74 Å². The first-order valence-electron chi connectivity index (χ1n) is 2.31. The molecule has 0 spiro atoms. The van der Waals surface area contributed by atoms with Crippen molar-refractivity contribution in [2.45, 2.75) is 11.6 Å². The van der Waals surface area contributed by atoms with E-state index in [1.54, 1.807) is 0 Å². The van der Waals surface area contributed by atoms with Gasteiger partial charge in [0.05, 0.1) is 0 Å². The van der Waals surface area contributed by atoms with Crippen LogP contribution in [-0.2, 0) is 19.6 Å². The highest BCUT2D eigenvalue weighted by molar-refractivity contribution is 7.86. The number of halogens is 3. The summed E-state index contributed by atoms with van der Waals surface area (Å²) < 4.78 is 66.2. The van der Waals surface area contributed by atoms with Gasteiger partial charge in [-0.3, -0.25) is 9.35 Å². The molecule has 1 unspecified atom stereocenters. The van der Waals surface area contributed by atoms with Gasteiger partial charge in [-0.25, -0.2) is 0 Å². The lowest BCUT2D eigenvalue weighted by Gasteiger charge is -2.14. The third kappa shape index (κ3) is 2.08. The van der Waals surface area contributed by atoms with Crippen molar-refractivity contribution in [1.29, 1.82) is 0 Å². The molecule has 0 aliphatic carbocycles. The molecule has 12 heavy (non-hydrogen) atoms. The number of hydrogen-bond acceptors (Lipinski definition) is 4. The number of carbonyl (C=O) groups excluding carboxylic acids is 1. The number of alkyl halides is 3. The highest BCUT2D eigenvalue weighted by atomic mass is 32.2. The predicted octanol–water partition coefficient (Wildman–Crippen LogP) is -0.0644. The second-order valence-electron chi connectivity index (χ2n) is 1.59. The van der Waals surface area contributed by atoms with Gasteiger partial charge in [0.25, 0.3) is 6.47 Å². The highest BCUT2D eigenvalue weighted by Gasteiger charge is 2.54. The van der Waals surface area contributed by atoms with Crippen LogP contribution in [0.1, 0.15) is 0 Å². The molecule has 1 atom stereocenters. The first kappa shape index (κ1) is 11.2. The lowest BCUT2D eigenvalue weighted by atomic mass is 10.7. The molecule has 0 bridgehead atoms. The summed E-state index contributed by atoms with van der Waals surface area (Å²) in [5, 5.41) is -5.14. The average Bonchev–Trinajstić information content (AvgIpc) is 1.85. The minimum atomic E-state index is -5.92. The summed E-state index contributed by atoms with van der Waals surface area (Å²) in [5.41, 5.74) is 0. The Bertz CT molecular complexity index is 259. The first-order valence-corrected chi connectivity index (χ1v) is 3.75. The summed E-state index contributed by atoms with van der Waals surface area (Å²) in [7, 11) is -5.92. The summed E-state index contributed by atoms with van der Waals surface area (Å²) in [5.74, 6) is 0. The van der Waals surface area contributed by atoms with Gasteiger partial charge >= 0.3 is 21.7 Å². The summed E-state index contributed by atoms with van der Waals surface area (Å²) in [6.45, 7) is -0.705. The van der Waals surface area contributed by atoms with Gasteiger partial charge in [-0.15, -0.1) is 0 Å². The Labute approximate surface area is 64.9 Å². The number of carbonyl (C=O) groups is 1. The molecular weight excluding hydrogens is 205 g/mol. The molecule has 72 valence electrons. The molecule has 0 radical (unpaired) electrons. The highest BCUT2D eigenvalue weighted by Crippen LogP contribution is 2.27. The van der Waals surface area contributed by atoms with Gasteiger partial charge in [0.15, 0.2) is 0 Å². The van der Waals surface area contributed by atoms with Crippen LogP contribution in [0, 0.1) is 0 Å². The minimum Gasteiger partial charge on any atom is -0.425 e. The third-order valence-electron chi connectivity index (χ3n) is 0.783. The standard InChI is InChI=1S/C3H3F3O5S/c4-2(11-1-7)3(5,6)12(8,9)10/h1-2H,(H,8,9,10). The Balaban J connectivity index is 4.73. The van der Waals surface area contributed by atoms with Crippen LogP contribution in [-0.4, -0.2) is 31.1 Å². The Morgan fingerprint density at radius 1 is 1.50 bits per heavy atom. The summed E-state index contributed by atoms with van der Waals surface area (Å²) in [6, 6.07) is 0. The molecule has 0 fully saturated rings. The first-order chi connectivity index (χ1) is 5.23. The largest absolute Gasteiger partial charge is 0.435 e. The van der Waals surface area contributed by atoms with Crippen molar-refractivity contribution in [3.8, 4) is 0 Å². The molecule has 0 rings (SSSR count). The lowest BCUT2D eigenvalue weighted by Crippen LogP contribution is -2.39. The van der Waals surface area contributed by atoms with Crippen LogP contribution in [0.5, 0.6) is 0 Å². The molecule has 9 heteroatoms. The Hall–Kier alpha value is -0.830. The molecule has 0 heterocycles. The molecule has 0 aromatic heterocycles. The van der Waals surface area contributed by atoms with E-state index in [0.29, 0.717) is 0 Å². The van der Waals surface area contributed by atoms with E-state index in [9.17, 15) is 26.4 Å². The zero-order valence-corrected chi connectivity index (χ0v) is 6.09. The van der Waals surface area contributed by atoms with Crippen LogP contribution in [0.3, 0.4) is 0 Å². The van der Waals surface area contributed by atoms with Crippen molar-refractivity contribution in [3.63, 3.8) is 0 Å². The molecule has 0 saturated heterocycles. The fraction of sp³-hybridized carbons (Fsp3) is 0.667. The number of hydrogen-bond donors (Lipinski definition) is 1. The molecule has 0 aromatic rings. The SMILES string of the molecule is O=COC(F)C(F)(F)S(=O)(=O)O. The van der Waals surface area contributed by atoms with Crippen molar-refractivity contribution < 1.29 is 35.7 Å². The summed E-state index contributed by atoms with van der Waals surface area (Å²) in [4.78, 5) is 9.32. The van der Waals surface area contributed by atoms with Gasteiger partial charge in [0.2, 0.25) is 0 Å². The Morgan fingerprint density at radius 2 is 1.92 bits per heavy atom. The summed E-state index contributed by atoms with van der Waals surface area (Å²) >= 11 is 0. The van der Waals surface area contributed by atoms with Crippen LogP contribution >= 0.6 is 0 Å². The van der Waals surface area contributed by atoms with Crippen molar-refractivity contribution in [1.82, 2.24) is 0 Å². The van der Waals surface area contributed by atoms with Crippen molar-refractivity contribution in [3.05, 3.63) is 0 Å². The van der Waals surface area contributed by atoms with Crippen LogP contribution in [0.2, 0.25) is 0 Å². The van der Waals surface area contributed by atoms with Crippen molar-refractivity contribution in [2.24, 2.45) is 0 Å². The fourth-order valence-electron chi connectivity index (χ4n) is 0.245. The van der Waals surface area contributed by atoms with E-state index in [1.807, 2.05) is 0 Å². The molecular formula is C3H3F3O5S. The van der Waals surface area contributed by atoms with Crippen LogP contribution in [0.25, 0.3) is 0 Å². The molecule has 1 N–H and O–H groups in total. The van der Waals surface area contributed by atoms with E-state index >= 15 is 0 Å². The van der Waals surface area contributed by atoms with Gasteiger partial charge in [-0.2, -0.15) is 21.6 Å². The summed E-state index contributed by atoms with van der Waals surface area (Å²) in [6.07, 6.45) is -3.72. The number of rotatable bonds is 4. The topological polar surface area (TPSA) is 80.7 Å². The monoisotopic (exact) mass is 208 g/mol. The minimum absolute atomic E-state index is 0.705. The van der Waals surface area contributed by atoms with Crippen molar-refractivity contribution >= 4 is 16.6 Å². The molecule has 0 aliphatic heterocycles. The Morgan fingerprint density at radius 3 is 2.17 bits per heavy atom. The third-order valence-corrected chi connectivity index (χ3v) is 1.66. The predicted molar refractivity (Wildman–Crippen MR) is 28.5 cm³/mol. The maximum absolute atomic E-state index is 12.0. The van der Waals surface area contributed by atoms with Gasteiger partial charge in [0.1, 0.15) is 0 Å². The number of ether oxygens (including phenoxy) is 1. The molecule has 5 nitrogen and oxygen atoms in total. The quantitative estimate of drug-likeness (QED) is 0.516. The molecule has 0 amide bonds.